The molecular weight excluding hydrogens is 1040 g/mol. The van der Waals surface area contributed by atoms with Gasteiger partial charge in [-0.15, -0.1) is 0 Å². The van der Waals surface area contributed by atoms with Crippen molar-refractivity contribution in [1.82, 2.24) is 39.2 Å². The van der Waals surface area contributed by atoms with E-state index in [1.54, 1.807) is 4.52 Å². The number of halogens is 3. The lowest BCUT2D eigenvalue weighted by Crippen LogP contribution is -2.33. The van der Waals surface area contributed by atoms with Crippen molar-refractivity contribution in [1.29, 1.82) is 0 Å². The molecule has 0 unspecified atom stereocenters. The van der Waals surface area contributed by atoms with Crippen LogP contribution in [-0.2, 0) is 14.3 Å². The lowest BCUT2D eigenvalue weighted by molar-refractivity contribution is -0.192. The van der Waals surface area contributed by atoms with Gasteiger partial charge in [0.15, 0.2) is 11.3 Å². The third-order valence-corrected chi connectivity index (χ3v) is 17.8. The number of aliphatic carboxylic acids is 1. The summed E-state index contributed by atoms with van der Waals surface area (Å²) >= 11 is 0. The standard InChI is InChI=1S/C35H51N5O2Si2.C23H23N5.C2HF3O2/c1-43(2,3)21-19-41-26-39(27-42-20-22-44(4,5)6)34-23-33(29-15-11-8-12-16-29)38-35-31(25-37-40(34)35)30-17-18-32(36-24-30)28-13-9-7-10-14-28;24-22-13-21(17-9-5-2-6-10-17)27-23-19(15-26-28(22)23)18-11-12-20(25-14-18)16-7-3-1-4-8-16;3-2(4,5)1(6)7/h7,9-10,13-14,17-18,23-25,29H,8,11-12,15-16,19-22,26-27H2,1-6H3;1,3-4,7-8,11-15,17H,2,5-6,9-10,24H2;(H,6,7). The maximum absolute atomic E-state index is 10.6. The minimum Gasteiger partial charge on any atom is -0.475 e. The van der Waals surface area contributed by atoms with E-state index >= 15 is 0 Å². The van der Waals surface area contributed by atoms with Crippen LogP contribution in [0.15, 0.2) is 122 Å². The molecule has 3 N–H and O–H groups in total. The van der Waals surface area contributed by atoms with E-state index in [-0.39, 0.29) is 0 Å². The van der Waals surface area contributed by atoms with Crippen LogP contribution in [0.25, 0.3) is 56.1 Å². The molecule has 2 saturated carbocycles. The number of nitrogen functional groups attached to an aromatic ring is 1. The van der Waals surface area contributed by atoms with Gasteiger partial charge < -0.3 is 25.2 Å². The van der Waals surface area contributed by atoms with Crippen LogP contribution in [0.3, 0.4) is 0 Å². The van der Waals surface area contributed by atoms with Gasteiger partial charge >= 0.3 is 12.1 Å². The van der Waals surface area contributed by atoms with E-state index in [1.807, 2.05) is 77.8 Å². The second-order valence-electron chi connectivity index (χ2n) is 23.0. The molecule has 19 heteroatoms. The second-order valence-corrected chi connectivity index (χ2v) is 34.3. The van der Waals surface area contributed by atoms with Crippen LogP contribution in [0.1, 0.15) is 87.4 Å². The van der Waals surface area contributed by atoms with E-state index in [4.69, 9.17) is 45.2 Å². The van der Waals surface area contributed by atoms with Gasteiger partial charge in [0.25, 0.3) is 0 Å². The number of nitrogens with zero attached hydrogens (tertiary/aromatic N) is 9. The number of pyridine rings is 2. The predicted molar refractivity (Wildman–Crippen MR) is 313 cm³/mol. The van der Waals surface area contributed by atoms with Crippen LogP contribution >= 0.6 is 0 Å². The first kappa shape index (κ1) is 58.3. The molecule has 8 aromatic rings. The molecule has 79 heavy (non-hydrogen) atoms. The van der Waals surface area contributed by atoms with Gasteiger partial charge in [-0.25, -0.2) is 14.8 Å². The van der Waals surface area contributed by atoms with Crippen LogP contribution in [-0.4, -0.2) is 99.2 Å². The van der Waals surface area contributed by atoms with Crippen LogP contribution in [0.5, 0.6) is 0 Å². The zero-order chi connectivity index (χ0) is 56.2. The number of rotatable bonds is 17. The molecule has 0 radical (unpaired) electrons. The fourth-order valence-corrected chi connectivity index (χ4v) is 11.3. The number of carboxylic acid groups (broad SMARTS) is 1. The van der Waals surface area contributed by atoms with Gasteiger partial charge in [0.1, 0.15) is 25.1 Å². The highest BCUT2D eigenvalue weighted by Crippen LogP contribution is 2.37. The van der Waals surface area contributed by atoms with Crippen molar-refractivity contribution in [3.63, 3.8) is 0 Å². The Kier molecular flexibility index (Phi) is 19.5. The Hall–Kier alpha value is -6.81. The van der Waals surface area contributed by atoms with Gasteiger partial charge in [-0.05, 0) is 49.9 Å². The summed E-state index contributed by atoms with van der Waals surface area (Å²) in [4.78, 5) is 30.8. The van der Waals surface area contributed by atoms with Crippen molar-refractivity contribution < 1.29 is 32.5 Å². The topological polar surface area (TPSA) is 171 Å². The van der Waals surface area contributed by atoms with E-state index in [2.05, 4.69) is 103 Å². The number of carboxylic acids is 1. The number of alkyl halides is 3. The van der Waals surface area contributed by atoms with E-state index < -0.39 is 28.3 Å². The summed E-state index contributed by atoms with van der Waals surface area (Å²) in [7, 11) is -2.40. The summed E-state index contributed by atoms with van der Waals surface area (Å²) in [6.07, 6.45) is 15.0. The van der Waals surface area contributed by atoms with Gasteiger partial charge in [-0.3, -0.25) is 9.97 Å². The first-order valence-corrected chi connectivity index (χ1v) is 35.0. The number of fused-ring (bicyclic) bond motifs is 2. The maximum Gasteiger partial charge on any atom is 0.490 e. The number of aromatic nitrogens is 8. The normalized spacial score (nSPS) is 14.6. The van der Waals surface area contributed by atoms with Crippen molar-refractivity contribution in [2.45, 2.75) is 134 Å². The molecule has 14 nitrogen and oxygen atoms in total. The van der Waals surface area contributed by atoms with Gasteiger partial charge in [0.05, 0.1) is 23.8 Å². The summed E-state index contributed by atoms with van der Waals surface area (Å²) in [6, 6.07) is 35.4. The fourth-order valence-electron chi connectivity index (χ4n) is 9.76. The van der Waals surface area contributed by atoms with Crippen LogP contribution in [0.4, 0.5) is 24.8 Å². The van der Waals surface area contributed by atoms with Crippen molar-refractivity contribution >= 4 is 45.0 Å². The molecule has 10 rings (SSSR count). The molecule has 2 aliphatic rings. The average molecular weight is 1110 g/mol. The third-order valence-electron chi connectivity index (χ3n) is 14.4. The molecular formula is C60H75F3N10O4Si2. The van der Waals surface area contributed by atoms with Gasteiger partial charge in [-0.2, -0.15) is 32.4 Å². The Labute approximate surface area is 463 Å². The van der Waals surface area contributed by atoms with Gasteiger partial charge in [0.2, 0.25) is 0 Å². The SMILES string of the molecule is C[Si](C)(C)CCOCN(COCC[Si](C)(C)C)c1cc(C2CCCCC2)nc2c(-c3ccc(-c4ccccc4)nc3)cnn12.Nc1cc(C2CCCCC2)nc2c(-c3ccc(-c4ccccc4)nc3)cnn12.O=C(O)C(F)(F)F. The number of ether oxygens (including phenoxy) is 2. The summed E-state index contributed by atoms with van der Waals surface area (Å²) in [5, 5.41) is 16.5. The molecule has 0 aliphatic heterocycles. The van der Waals surface area contributed by atoms with Gasteiger partial charge in [0, 0.05) is 110 Å². The molecule has 0 saturated heterocycles. The summed E-state index contributed by atoms with van der Waals surface area (Å²) in [5.74, 6) is -0.173. The predicted octanol–water partition coefficient (Wildman–Crippen LogP) is 14.7. The van der Waals surface area contributed by atoms with Crippen LogP contribution in [0, 0.1) is 0 Å². The molecule has 6 heterocycles. The molecule has 0 amide bonds. The number of hydrogen-bond donors (Lipinski definition) is 2. The van der Waals surface area contributed by atoms with Crippen LogP contribution < -0.4 is 10.6 Å². The summed E-state index contributed by atoms with van der Waals surface area (Å²) in [6.45, 7) is 16.8. The highest BCUT2D eigenvalue weighted by molar-refractivity contribution is 6.76. The minimum atomic E-state index is -5.08. The Morgan fingerprint density at radius 3 is 1.43 bits per heavy atom. The highest BCUT2D eigenvalue weighted by Gasteiger charge is 2.38. The number of nitrogens with two attached hydrogens (primary N) is 1. The molecule has 2 aromatic carbocycles. The quantitative estimate of drug-likeness (QED) is 0.0503. The first-order valence-electron chi connectivity index (χ1n) is 27.6. The highest BCUT2D eigenvalue weighted by atomic mass is 28.3. The number of benzene rings is 2. The number of hydrogen-bond acceptors (Lipinski definition) is 11. The first-order chi connectivity index (χ1) is 37.8. The van der Waals surface area contributed by atoms with Crippen molar-refractivity contribution in [2.75, 3.05) is 37.3 Å². The van der Waals surface area contributed by atoms with Crippen molar-refractivity contribution in [2.24, 2.45) is 0 Å². The second kappa shape index (κ2) is 26.4. The average Bonchev–Trinajstić information content (AvgIpc) is 4.33. The smallest absolute Gasteiger partial charge is 0.475 e. The monoisotopic (exact) mass is 1110 g/mol. The molecule has 0 atom stereocenters. The lowest BCUT2D eigenvalue weighted by atomic mass is 9.87. The Morgan fingerprint density at radius 2 is 1.03 bits per heavy atom. The zero-order valence-electron chi connectivity index (χ0n) is 46.4. The Morgan fingerprint density at radius 1 is 0.608 bits per heavy atom. The van der Waals surface area contributed by atoms with E-state index in [1.165, 1.54) is 64.2 Å². The fraction of sp³-hybridized carbons (Fsp3) is 0.417. The molecule has 2 fully saturated rings. The van der Waals surface area contributed by atoms with E-state index in [0.29, 0.717) is 31.1 Å². The molecule has 418 valence electrons. The molecule has 0 spiro atoms. The number of carbonyl (C=O) groups is 1. The number of anilines is 2. The Bertz CT molecular complexity index is 3190. The summed E-state index contributed by atoms with van der Waals surface area (Å²) in [5.41, 5.74) is 18.3. The van der Waals surface area contributed by atoms with Gasteiger partial charge in [-0.1, -0.05) is 151 Å². The van der Waals surface area contributed by atoms with E-state index in [0.717, 1.165) is 98.6 Å². The van der Waals surface area contributed by atoms with E-state index in [9.17, 15) is 13.2 Å². The molecule has 2 aliphatic carbocycles. The Balaban J connectivity index is 0.000000199. The minimum absolute atomic E-state index is 0.455. The molecule has 6 aromatic heterocycles. The maximum atomic E-state index is 10.6. The lowest BCUT2D eigenvalue weighted by Gasteiger charge is -2.28. The zero-order valence-corrected chi connectivity index (χ0v) is 48.4. The molecule has 0 bridgehead atoms. The van der Waals surface area contributed by atoms with Crippen LogP contribution in [0.2, 0.25) is 51.4 Å². The summed E-state index contributed by atoms with van der Waals surface area (Å²) < 4.78 is 48.1. The van der Waals surface area contributed by atoms with Crippen molar-refractivity contribution in [3.8, 4) is 44.8 Å². The largest absolute Gasteiger partial charge is 0.490 e. The third kappa shape index (κ3) is 16.2. The van der Waals surface area contributed by atoms with Crippen molar-refractivity contribution in [3.05, 3.63) is 133 Å².